The predicted molar refractivity (Wildman–Crippen MR) is 101 cm³/mol. The molecular formula is C19H31ClN2O2. The molecule has 2 rings (SSSR count). The van der Waals surface area contributed by atoms with E-state index in [1.54, 1.807) is 0 Å². The Morgan fingerprint density at radius 2 is 2.04 bits per heavy atom. The van der Waals surface area contributed by atoms with Crippen molar-refractivity contribution < 1.29 is 9.53 Å². The molecule has 24 heavy (non-hydrogen) atoms. The smallest absolute Gasteiger partial charge is 0.223 e. The Morgan fingerprint density at radius 1 is 1.33 bits per heavy atom. The molecule has 0 unspecified atom stereocenters. The lowest BCUT2D eigenvalue weighted by Gasteiger charge is -2.22. The lowest BCUT2D eigenvalue weighted by molar-refractivity contribution is -0.125. The van der Waals surface area contributed by atoms with E-state index >= 15 is 0 Å². The Morgan fingerprint density at radius 3 is 2.71 bits per heavy atom. The summed E-state index contributed by atoms with van der Waals surface area (Å²) in [5.41, 5.74) is 2.24. The second kappa shape index (κ2) is 10.6. The Balaban J connectivity index is 0.00000288. The minimum atomic E-state index is 0. The van der Waals surface area contributed by atoms with E-state index in [2.05, 4.69) is 49.6 Å². The van der Waals surface area contributed by atoms with Crippen LogP contribution < -0.4 is 15.4 Å². The molecule has 0 saturated carbocycles. The zero-order valence-corrected chi connectivity index (χ0v) is 15.9. The first kappa shape index (κ1) is 20.8. The van der Waals surface area contributed by atoms with Gasteiger partial charge in [0.05, 0.1) is 6.61 Å². The lowest BCUT2D eigenvalue weighted by Crippen LogP contribution is -2.37. The summed E-state index contributed by atoms with van der Waals surface area (Å²) in [5, 5.41) is 6.37. The number of carbonyl (C=O) groups is 1. The molecule has 1 fully saturated rings. The summed E-state index contributed by atoms with van der Waals surface area (Å²) in [4.78, 5) is 12.3. The van der Waals surface area contributed by atoms with E-state index in [0.29, 0.717) is 12.5 Å². The molecule has 0 bridgehead atoms. The molecule has 0 atom stereocenters. The van der Waals surface area contributed by atoms with Crippen molar-refractivity contribution in [3.63, 3.8) is 0 Å². The normalized spacial score (nSPS) is 15.0. The number of benzene rings is 1. The molecule has 136 valence electrons. The van der Waals surface area contributed by atoms with Crippen LogP contribution in [0.2, 0.25) is 0 Å². The van der Waals surface area contributed by atoms with E-state index in [-0.39, 0.29) is 24.2 Å². The molecule has 4 nitrogen and oxygen atoms in total. The summed E-state index contributed by atoms with van der Waals surface area (Å²) in [6.07, 6.45) is 2.89. The second-order valence-corrected chi connectivity index (χ2v) is 6.88. The third-order valence-electron chi connectivity index (χ3n) is 4.34. The highest BCUT2D eigenvalue weighted by Crippen LogP contribution is 2.21. The number of ether oxygens (including phenoxy) is 1. The van der Waals surface area contributed by atoms with Gasteiger partial charge in [0.1, 0.15) is 5.75 Å². The van der Waals surface area contributed by atoms with Gasteiger partial charge in [-0.15, -0.1) is 12.4 Å². The standard InChI is InChI=1S/C19H30N2O2.ClH/c1-14(2)8-11-23-18-12-15(3)4-5-17(18)13-21-19(22)16-6-9-20-10-7-16;/h4-5,12,14,16,20H,6-11,13H2,1-3H3,(H,21,22);1H. The van der Waals surface area contributed by atoms with E-state index in [0.717, 1.165) is 50.3 Å². The van der Waals surface area contributed by atoms with Crippen LogP contribution in [0.1, 0.15) is 44.2 Å². The van der Waals surface area contributed by atoms with Crippen molar-refractivity contribution in [1.82, 2.24) is 10.6 Å². The monoisotopic (exact) mass is 354 g/mol. The number of hydrogen-bond acceptors (Lipinski definition) is 3. The number of hydrogen-bond donors (Lipinski definition) is 2. The molecule has 1 aromatic carbocycles. The maximum atomic E-state index is 12.3. The molecule has 1 amide bonds. The first-order chi connectivity index (χ1) is 11.1. The summed E-state index contributed by atoms with van der Waals surface area (Å²) in [6, 6.07) is 6.19. The molecule has 5 heteroatoms. The number of rotatable bonds is 7. The third-order valence-corrected chi connectivity index (χ3v) is 4.34. The number of aryl methyl sites for hydroxylation is 1. The molecule has 0 spiro atoms. The molecule has 1 saturated heterocycles. The Labute approximate surface area is 152 Å². The zero-order valence-electron chi connectivity index (χ0n) is 15.1. The minimum Gasteiger partial charge on any atom is -0.493 e. The summed E-state index contributed by atoms with van der Waals surface area (Å²) < 4.78 is 5.95. The van der Waals surface area contributed by atoms with Crippen molar-refractivity contribution >= 4 is 18.3 Å². The summed E-state index contributed by atoms with van der Waals surface area (Å²) in [6.45, 7) is 9.58. The zero-order chi connectivity index (χ0) is 16.7. The van der Waals surface area contributed by atoms with Crippen LogP contribution in [0.4, 0.5) is 0 Å². The Hall–Kier alpha value is -1.26. The molecule has 1 aliphatic rings. The first-order valence-electron chi connectivity index (χ1n) is 8.77. The van der Waals surface area contributed by atoms with Gasteiger partial charge in [0.2, 0.25) is 5.91 Å². The van der Waals surface area contributed by atoms with E-state index in [4.69, 9.17) is 4.74 Å². The van der Waals surface area contributed by atoms with E-state index in [1.807, 2.05) is 0 Å². The third kappa shape index (κ3) is 6.70. The Kier molecular flexibility index (Phi) is 9.16. The maximum Gasteiger partial charge on any atom is 0.223 e. The van der Waals surface area contributed by atoms with Crippen molar-refractivity contribution in [1.29, 1.82) is 0 Å². The van der Waals surface area contributed by atoms with Crippen LogP contribution in [0.25, 0.3) is 0 Å². The largest absolute Gasteiger partial charge is 0.493 e. The van der Waals surface area contributed by atoms with Crippen molar-refractivity contribution in [2.24, 2.45) is 11.8 Å². The van der Waals surface area contributed by atoms with Gasteiger partial charge in [-0.1, -0.05) is 26.0 Å². The van der Waals surface area contributed by atoms with Gasteiger partial charge in [-0.3, -0.25) is 4.79 Å². The average Bonchev–Trinajstić information content (AvgIpc) is 2.54. The van der Waals surface area contributed by atoms with Crippen LogP contribution in [0.5, 0.6) is 5.75 Å². The molecule has 1 heterocycles. The number of carbonyl (C=O) groups excluding carboxylic acids is 1. The average molecular weight is 355 g/mol. The van der Waals surface area contributed by atoms with Crippen molar-refractivity contribution in [3.05, 3.63) is 29.3 Å². The summed E-state index contributed by atoms with van der Waals surface area (Å²) in [7, 11) is 0. The fraction of sp³-hybridized carbons (Fsp3) is 0.632. The maximum absolute atomic E-state index is 12.3. The van der Waals surface area contributed by atoms with Crippen molar-refractivity contribution in [2.45, 2.75) is 46.6 Å². The van der Waals surface area contributed by atoms with Crippen LogP contribution in [0.3, 0.4) is 0 Å². The number of nitrogens with one attached hydrogen (secondary N) is 2. The van der Waals surface area contributed by atoms with Crippen LogP contribution in [-0.4, -0.2) is 25.6 Å². The number of piperidine rings is 1. The van der Waals surface area contributed by atoms with Crippen molar-refractivity contribution in [2.75, 3.05) is 19.7 Å². The molecular weight excluding hydrogens is 324 g/mol. The number of amides is 1. The highest BCUT2D eigenvalue weighted by atomic mass is 35.5. The van der Waals surface area contributed by atoms with Crippen LogP contribution in [-0.2, 0) is 11.3 Å². The van der Waals surface area contributed by atoms with Gasteiger partial charge in [0.15, 0.2) is 0 Å². The predicted octanol–water partition coefficient (Wildman–Crippen LogP) is 3.46. The summed E-state index contributed by atoms with van der Waals surface area (Å²) >= 11 is 0. The SMILES string of the molecule is Cc1ccc(CNC(=O)C2CCNCC2)c(OCCC(C)C)c1.Cl. The number of halogens is 1. The molecule has 2 N–H and O–H groups in total. The molecule has 0 aromatic heterocycles. The molecule has 1 aromatic rings. The lowest BCUT2D eigenvalue weighted by atomic mass is 9.97. The first-order valence-corrected chi connectivity index (χ1v) is 8.77. The van der Waals surface area contributed by atoms with Gasteiger partial charge in [0, 0.05) is 18.0 Å². The van der Waals surface area contributed by atoms with Gasteiger partial charge in [-0.2, -0.15) is 0 Å². The highest BCUT2D eigenvalue weighted by molar-refractivity contribution is 5.85. The fourth-order valence-corrected chi connectivity index (χ4v) is 2.76. The quantitative estimate of drug-likeness (QED) is 0.788. The second-order valence-electron chi connectivity index (χ2n) is 6.88. The summed E-state index contributed by atoms with van der Waals surface area (Å²) in [5.74, 6) is 1.84. The topological polar surface area (TPSA) is 50.4 Å². The van der Waals surface area contributed by atoms with Crippen LogP contribution in [0.15, 0.2) is 18.2 Å². The van der Waals surface area contributed by atoms with Gasteiger partial charge in [-0.05, 0) is 56.8 Å². The van der Waals surface area contributed by atoms with Crippen molar-refractivity contribution in [3.8, 4) is 5.75 Å². The van der Waals surface area contributed by atoms with Gasteiger partial charge < -0.3 is 15.4 Å². The van der Waals surface area contributed by atoms with E-state index in [1.165, 1.54) is 5.56 Å². The van der Waals surface area contributed by atoms with Crippen LogP contribution in [0, 0.1) is 18.8 Å². The van der Waals surface area contributed by atoms with Gasteiger partial charge in [-0.25, -0.2) is 0 Å². The molecule has 0 aliphatic carbocycles. The van der Waals surface area contributed by atoms with Gasteiger partial charge >= 0.3 is 0 Å². The molecule has 1 aliphatic heterocycles. The highest BCUT2D eigenvalue weighted by Gasteiger charge is 2.20. The molecule has 0 radical (unpaired) electrons. The van der Waals surface area contributed by atoms with Crippen LogP contribution >= 0.6 is 12.4 Å². The minimum absolute atomic E-state index is 0. The van der Waals surface area contributed by atoms with E-state index in [9.17, 15) is 4.79 Å². The van der Waals surface area contributed by atoms with Gasteiger partial charge in [0.25, 0.3) is 0 Å². The fourth-order valence-electron chi connectivity index (χ4n) is 2.76. The Bertz CT molecular complexity index is 514. The van der Waals surface area contributed by atoms with E-state index < -0.39 is 0 Å².